The Kier molecular flexibility index (Phi) is 2.61. The lowest BCUT2D eigenvalue weighted by Crippen LogP contribution is -2.18. The summed E-state index contributed by atoms with van der Waals surface area (Å²) in [6.07, 6.45) is 4.30. The molecule has 0 aromatic heterocycles. The summed E-state index contributed by atoms with van der Waals surface area (Å²) >= 11 is 0. The molecule has 2 aliphatic rings. The Labute approximate surface area is 101 Å². The van der Waals surface area contributed by atoms with Crippen LogP contribution in [0.3, 0.4) is 0 Å². The minimum Gasteiger partial charge on any atom is -0.497 e. The largest absolute Gasteiger partial charge is 0.497 e. The van der Waals surface area contributed by atoms with E-state index in [2.05, 4.69) is 17.3 Å². The van der Waals surface area contributed by atoms with Crippen molar-refractivity contribution in [1.82, 2.24) is 0 Å². The molecule has 1 aromatic rings. The molecule has 3 rings (SSSR count). The zero-order chi connectivity index (χ0) is 11.8. The van der Waals surface area contributed by atoms with Gasteiger partial charge in [0.15, 0.2) is 0 Å². The molecule has 3 unspecified atom stereocenters. The van der Waals surface area contributed by atoms with Gasteiger partial charge >= 0.3 is 0 Å². The van der Waals surface area contributed by atoms with Crippen molar-refractivity contribution in [2.75, 3.05) is 7.11 Å². The molecule has 0 spiro atoms. The van der Waals surface area contributed by atoms with Crippen molar-refractivity contribution in [3.05, 3.63) is 34.2 Å². The van der Waals surface area contributed by atoms with Gasteiger partial charge in [0.2, 0.25) is 0 Å². The lowest BCUT2D eigenvalue weighted by atomic mass is 9.93. The van der Waals surface area contributed by atoms with E-state index < -0.39 is 0 Å². The van der Waals surface area contributed by atoms with E-state index in [9.17, 15) is 4.91 Å². The normalized spacial score (nSPS) is 30.5. The fourth-order valence-corrected chi connectivity index (χ4v) is 3.46. The second kappa shape index (κ2) is 4.13. The summed E-state index contributed by atoms with van der Waals surface area (Å²) in [5, 5.41) is 3.38. The third kappa shape index (κ3) is 1.74. The summed E-state index contributed by atoms with van der Waals surface area (Å²) in [6.45, 7) is 0. The molecule has 2 bridgehead atoms. The van der Waals surface area contributed by atoms with Gasteiger partial charge < -0.3 is 4.74 Å². The van der Waals surface area contributed by atoms with Gasteiger partial charge in [-0.25, -0.2) is 0 Å². The quantitative estimate of drug-likeness (QED) is 0.734. The fourth-order valence-electron chi connectivity index (χ4n) is 3.46. The van der Waals surface area contributed by atoms with E-state index in [4.69, 9.17) is 4.74 Å². The molecule has 3 heteroatoms. The molecular formula is C14H17NO2. The van der Waals surface area contributed by atoms with E-state index in [-0.39, 0.29) is 6.04 Å². The SMILES string of the molecule is COc1ccc2c(c1)CC1CCC(C2)C1N=O. The number of benzene rings is 1. The highest BCUT2D eigenvalue weighted by atomic mass is 16.5. The van der Waals surface area contributed by atoms with E-state index in [0.717, 1.165) is 31.4 Å². The molecule has 90 valence electrons. The Morgan fingerprint density at radius 2 is 1.88 bits per heavy atom. The van der Waals surface area contributed by atoms with Gasteiger partial charge in [-0.2, -0.15) is 4.91 Å². The van der Waals surface area contributed by atoms with Gasteiger partial charge in [-0.05, 0) is 60.8 Å². The maximum absolute atomic E-state index is 11.0. The molecule has 1 saturated carbocycles. The van der Waals surface area contributed by atoms with Crippen molar-refractivity contribution in [3.8, 4) is 5.75 Å². The van der Waals surface area contributed by atoms with Gasteiger partial charge in [0.25, 0.3) is 0 Å². The van der Waals surface area contributed by atoms with Gasteiger partial charge in [-0.1, -0.05) is 11.2 Å². The van der Waals surface area contributed by atoms with E-state index >= 15 is 0 Å². The second-order valence-electron chi connectivity index (χ2n) is 5.24. The molecule has 17 heavy (non-hydrogen) atoms. The van der Waals surface area contributed by atoms with Gasteiger partial charge in [-0.15, -0.1) is 0 Å². The molecule has 0 N–H and O–H groups in total. The molecule has 2 aliphatic carbocycles. The summed E-state index contributed by atoms with van der Waals surface area (Å²) < 4.78 is 5.27. The Bertz CT molecular complexity index is 444. The van der Waals surface area contributed by atoms with Gasteiger partial charge in [-0.3, -0.25) is 0 Å². The van der Waals surface area contributed by atoms with Crippen LogP contribution >= 0.6 is 0 Å². The first-order chi connectivity index (χ1) is 8.31. The zero-order valence-electron chi connectivity index (χ0n) is 10.1. The first kappa shape index (κ1) is 10.8. The highest BCUT2D eigenvalue weighted by Crippen LogP contribution is 2.42. The molecule has 0 amide bonds. The van der Waals surface area contributed by atoms with Crippen LogP contribution in [0.4, 0.5) is 0 Å². The number of nitroso groups, excluding NO2 is 1. The van der Waals surface area contributed by atoms with E-state index in [1.165, 1.54) is 11.1 Å². The molecule has 1 aromatic carbocycles. The van der Waals surface area contributed by atoms with Gasteiger partial charge in [0, 0.05) is 0 Å². The van der Waals surface area contributed by atoms with Crippen LogP contribution in [0.5, 0.6) is 5.75 Å². The monoisotopic (exact) mass is 231 g/mol. The molecular weight excluding hydrogens is 214 g/mol. The topological polar surface area (TPSA) is 38.7 Å². The maximum atomic E-state index is 11.0. The second-order valence-corrected chi connectivity index (χ2v) is 5.24. The zero-order valence-corrected chi connectivity index (χ0v) is 10.1. The van der Waals surface area contributed by atoms with Crippen LogP contribution in [0.2, 0.25) is 0 Å². The van der Waals surface area contributed by atoms with Crippen molar-refractivity contribution in [2.45, 2.75) is 31.7 Å². The standard InChI is InChI=1S/C14H17NO2/c1-17-13-5-4-9-6-10-2-3-11(14(10)15-16)7-12(9)8-13/h4-5,8,10-11,14H,2-3,6-7H2,1H3. The smallest absolute Gasteiger partial charge is 0.119 e. The number of hydrogen-bond donors (Lipinski definition) is 0. The fraction of sp³-hybridized carbons (Fsp3) is 0.571. The highest BCUT2D eigenvalue weighted by molar-refractivity contribution is 5.38. The minimum atomic E-state index is 0.0356. The first-order valence-electron chi connectivity index (χ1n) is 6.30. The first-order valence-corrected chi connectivity index (χ1v) is 6.30. The van der Waals surface area contributed by atoms with E-state index in [1.54, 1.807) is 7.11 Å². The molecule has 0 aliphatic heterocycles. The van der Waals surface area contributed by atoms with Crippen LogP contribution in [-0.2, 0) is 12.8 Å². The molecule has 0 saturated heterocycles. The lowest BCUT2D eigenvalue weighted by Gasteiger charge is -2.13. The summed E-state index contributed by atoms with van der Waals surface area (Å²) in [5.74, 6) is 1.83. The highest BCUT2D eigenvalue weighted by Gasteiger charge is 2.40. The van der Waals surface area contributed by atoms with E-state index in [0.29, 0.717) is 11.8 Å². The number of rotatable bonds is 2. The van der Waals surface area contributed by atoms with Crippen LogP contribution in [0.1, 0.15) is 24.0 Å². The van der Waals surface area contributed by atoms with Crippen LogP contribution < -0.4 is 4.74 Å². The molecule has 3 atom stereocenters. The third-order valence-corrected chi connectivity index (χ3v) is 4.37. The van der Waals surface area contributed by atoms with Crippen molar-refractivity contribution in [2.24, 2.45) is 17.0 Å². The Morgan fingerprint density at radius 1 is 1.18 bits per heavy atom. The average Bonchev–Trinajstić information content (AvgIpc) is 2.64. The van der Waals surface area contributed by atoms with E-state index in [1.807, 2.05) is 6.07 Å². The van der Waals surface area contributed by atoms with Crippen LogP contribution in [0.25, 0.3) is 0 Å². The van der Waals surface area contributed by atoms with Gasteiger partial charge in [0.1, 0.15) is 5.75 Å². The number of methoxy groups -OCH3 is 1. The number of hydrogen-bond acceptors (Lipinski definition) is 3. The van der Waals surface area contributed by atoms with Crippen molar-refractivity contribution < 1.29 is 4.74 Å². The lowest BCUT2D eigenvalue weighted by molar-refractivity contribution is 0.412. The summed E-state index contributed by atoms with van der Waals surface area (Å²) in [6, 6.07) is 6.32. The van der Waals surface area contributed by atoms with Crippen molar-refractivity contribution in [3.63, 3.8) is 0 Å². The molecule has 3 nitrogen and oxygen atoms in total. The van der Waals surface area contributed by atoms with Crippen LogP contribution in [0, 0.1) is 16.7 Å². The predicted octanol–water partition coefficient (Wildman–Crippen LogP) is 2.96. The predicted molar refractivity (Wildman–Crippen MR) is 66.2 cm³/mol. The van der Waals surface area contributed by atoms with Gasteiger partial charge in [0.05, 0.1) is 13.2 Å². The maximum Gasteiger partial charge on any atom is 0.119 e. The van der Waals surface area contributed by atoms with Crippen molar-refractivity contribution in [1.29, 1.82) is 0 Å². The van der Waals surface area contributed by atoms with Crippen molar-refractivity contribution >= 4 is 0 Å². The van der Waals surface area contributed by atoms with Crippen LogP contribution in [0.15, 0.2) is 23.4 Å². The summed E-state index contributed by atoms with van der Waals surface area (Å²) in [4.78, 5) is 11.0. The molecule has 1 fully saturated rings. The summed E-state index contributed by atoms with van der Waals surface area (Å²) in [7, 11) is 1.69. The summed E-state index contributed by atoms with van der Waals surface area (Å²) in [5.41, 5.74) is 2.73. The molecule has 0 heterocycles. The number of nitrogens with zero attached hydrogens (tertiary/aromatic N) is 1. The Balaban J connectivity index is 1.97. The Hall–Kier alpha value is -1.38. The van der Waals surface area contributed by atoms with Crippen LogP contribution in [-0.4, -0.2) is 13.2 Å². The molecule has 0 radical (unpaired) electrons. The third-order valence-electron chi connectivity index (χ3n) is 4.37. The Morgan fingerprint density at radius 3 is 2.53 bits per heavy atom. The minimum absolute atomic E-state index is 0.0356. The average molecular weight is 231 g/mol. The number of ether oxygens (including phenoxy) is 1. The number of fused-ring (bicyclic) bond motifs is 3.